The Morgan fingerprint density at radius 1 is 1.24 bits per heavy atom. The van der Waals surface area contributed by atoms with Crippen LogP contribution in [0, 0.1) is 0 Å². The average Bonchev–Trinajstić information content (AvgIpc) is 3.20. The van der Waals surface area contributed by atoms with Crippen LogP contribution < -0.4 is 5.32 Å². The fourth-order valence-corrected chi connectivity index (χ4v) is 2.97. The van der Waals surface area contributed by atoms with Crippen LogP contribution in [0.5, 0.6) is 0 Å². The highest BCUT2D eigenvalue weighted by Crippen LogP contribution is 2.26. The number of fused-ring (bicyclic) bond motifs is 1. The van der Waals surface area contributed by atoms with E-state index in [4.69, 9.17) is 4.42 Å². The molecule has 3 heterocycles. The summed E-state index contributed by atoms with van der Waals surface area (Å²) < 4.78 is 5.81. The lowest BCUT2D eigenvalue weighted by Crippen LogP contribution is -2.44. The lowest BCUT2D eigenvalue weighted by molar-refractivity contribution is -0.137. The summed E-state index contributed by atoms with van der Waals surface area (Å²) in [6.45, 7) is 0.483. The van der Waals surface area contributed by atoms with Crippen LogP contribution in [-0.4, -0.2) is 52.3 Å². The van der Waals surface area contributed by atoms with Crippen LogP contribution >= 0.6 is 0 Å². The van der Waals surface area contributed by atoms with Crippen LogP contribution in [0.15, 0.2) is 34.7 Å². The highest BCUT2D eigenvalue weighted by Gasteiger charge is 2.33. The minimum atomic E-state index is -0.524. The van der Waals surface area contributed by atoms with Gasteiger partial charge < -0.3 is 14.6 Å². The third-order valence-corrected chi connectivity index (χ3v) is 4.33. The smallest absolute Gasteiger partial charge is 0.325 e. The van der Waals surface area contributed by atoms with E-state index >= 15 is 0 Å². The molecule has 2 aliphatic rings. The molecule has 4 amide bonds. The van der Waals surface area contributed by atoms with Gasteiger partial charge in [-0.25, -0.2) is 9.78 Å². The van der Waals surface area contributed by atoms with Gasteiger partial charge in [-0.1, -0.05) is 18.2 Å². The molecule has 25 heavy (non-hydrogen) atoms. The molecule has 4 rings (SSSR count). The summed E-state index contributed by atoms with van der Waals surface area (Å²) in [6.07, 6.45) is 0.557. The van der Waals surface area contributed by atoms with Crippen molar-refractivity contribution in [2.24, 2.45) is 0 Å². The number of aromatic nitrogens is 1. The maximum atomic E-state index is 12.4. The minimum Gasteiger partial charge on any atom is -0.441 e. The zero-order valence-electron chi connectivity index (χ0n) is 13.4. The first kappa shape index (κ1) is 15.4. The molecule has 0 radical (unpaired) electrons. The molecule has 8 nitrogen and oxygen atoms in total. The third kappa shape index (κ3) is 2.86. The lowest BCUT2D eigenvalue weighted by Gasteiger charge is -2.26. The van der Waals surface area contributed by atoms with E-state index < -0.39 is 6.03 Å². The molecule has 8 heteroatoms. The summed E-state index contributed by atoms with van der Waals surface area (Å²) in [6, 6.07) is 9.04. The molecular weight excluding hydrogens is 324 g/mol. The van der Waals surface area contributed by atoms with Gasteiger partial charge in [-0.05, 0) is 12.1 Å². The van der Waals surface area contributed by atoms with E-state index in [0.29, 0.717) is 25.4 Å². The Kier molecular flexibility index (Phi) is 3.72. The Bertz CT molecular complexity index is 830. The SMILES string of the molecule is O=C(CN1C(=O)CNC1=O)N1CCc2oc(-c3ccccc3)nc2C1. The van der Waals surface area contributed by atoms with Gasteiger partial charge in [0.15, 0.2) is 0 Å². The van der Waals surface area contributed by atoms with Gasteiger partial charge in [0, 0.05) is 18.5 Å². The molecule has 0 saturated carbocycles. The summed E-state index contributed by atoms with van der Waals surface area (Å²) in [5.41, 5.74) is 1.60. The highest BCUT2D eigenvalue weighted by molar-refractivity contribution is 6.04. The number of urea groups is 1. The van der Waals surface area contributed by atoms with Crippen molar-refractivity contribution in [2.45, 2.75) is 13.0 Å². The van der Waals surface area contributed by atoms with Crippen molar-refractivity contribution in [3.63, 3.8) is 0 Å². The fraction of sp³-hybridized carbons (Fsp3) is 0.294. The average molecular weight is 340 g/mol. The highest BCUT2D eigenvalue weighted by atomic mass is 16.4. The van der Waals surface area contributed by atoms with Crippen LogP contribution in [-0.2, 0) is 22.6 Å². The van der Waals surface area contributed by atoms with Gasteiger partial charge in [0.25, 0.3) is 5.91 Å². The van der Waals surface area contributed by atoms with Crippen molar-refractivity contribution in [3.8, 4) is 11.5 Å². The summed E-state index contributed by atoms with van der Waals surface area (Å²) in [7, 11) is 0. The molecule has 1 N–H and O–H groups in total. The zero-order valence-corrected chi connectivity index (χ0v) is 13.4. The molecule has 0 spiro atoms. The van der Waals surface area contributed by atoms with Gasteiger partial charge in [0.2, 0.25) is 11.8 Å². The first-order valence-electron chi connectivity index (χ1n) is 8.02. The van der Waals surface area contributed by atoms with Crippen LogP contribution in [0.2, 0.25) is 0 Å². The van der Waals surface area contributed by atoms with Crippen LogP contribution in [0.3, 0.4) is 0 Å². The Labute approximate surface area is 143 Å². The predicted octanol–water partition coefficient (Wildman–Crippen LogP) is 0.778. The van der Waals surface area contributed by atoms with Crippen molar-refractivity contribution in [2.75, 3.05) is 19.6 Å². The second-order valence-electron chi connectivity index (χ2n) is 5.96. The lowest BCUT2D eigenvalue weighted by atomic mass is 10.1. The first-order valence-corrected chi connectivity index (χ1v) is 8.02. The number of imide groups is 1. The van der Waals surface area contributed by atoms with Crippen LogP contribution in [0.25, 0.3) is 11.5 Å². The molecule has 2 aliphatic heterocycles. The second kappa shape index (κ2) is 6.04. The molecular formula is C17H16N4O4. The van der Waals surface area contributed by atoms with Gasteiger partial charge in [0.05, 0.1) is 13.1 Å². The van der Waals surface area contributed by atoms with Crippen molar-refractivity contribution in [1.29, 1.82) is 0 Å². The molecule has 0 bridgehead atoms. The monoisotopic (exact) mass is 340 g/mol. The van der Waals surface area contributed by atoms with Crippen molar-refractivity contribution in [3.05, 3.63) is 41.8 Å². The molecule has 1 aromatic carbocycles. The summed E-state index contributed by atoms with van der Waals surface area (Å²) in [4.78, 5) is 42.6. The van der Waals surface area contributed by atoms with Gasteiger partial charge in [-0.2, -0.15) is 0 Å². The Morgan fingerprint density at radius 3 is 2.76 bits per heavy atom. The van der Waals surface area contributed by atoms with Crippen LogP contribution in [0.1, 0.15) is 11.5 Å². The summed E-state index contributed by atoms with van der Waals surface area (Å²) >= 11 is 0. The molecule has 1 fully saturated rings. The number of hydrogen-bond donors (Lipinski definition) is 1. The van der Waals surface area contributed by atoms with E-state index in [1.807, 2.05) is 30.3 Å². The van der Waals surface area contributed by atoms with Gasteiger partial charge in [0.1, 0.15) is 18.0 Å². The van der Waals surface area contributed by atoms with E-state index in [-0.39, 0.29) is 24.9 Å². The van der Waals surface area contributed by atoms with E-state index in [1.165, 1.54) is 0 Å². The predicted molar refractivity (Wildman–Crippen MR) is 86.2 cm³/mol. The standard InChI is InChI=1S/C17H16N4O4/c22-14-8-18-17(24)21(14)10-15(23)20-7-6-13-12(9-20)19-16(25-13)11-4-2-1-3-5-11/h1-5H,6-10H2,(H,18,24). The topological polar surface area (TPSA) is 95.8 Å². The molecule has 1 aromatic heterocycles. The number of nitrogens with one attached hydrogen (secondary N) is 1. The number of oxazole rings is 1. The third-order valence-electron chi connectivity index (χ3n) is 4.33. The van der Waals surface area contributed by atoms with Crippen molar-refractivity contribution in [1.82, 2.24) is 20.1 Å². The van der Waals surface area contributed by atoms with Gasteiger partial charge in [-0.15, -0.1) is 0 Å². The number of rotatable bonds is 3. The Morgan fingerprint density at radius 2 is 2.04 bits per heavy atom. The van der Waals surface area contributed by atoms with Crippen molar-refractivity contribution < 1.29 is 18.8 Å². The number of hydrogen-bond acceptors (Lipinski definition) is 5. The molecule has 128 valence electrons. The molecule has 2 aromatic rings. The zero-order chi connectivity index (χ0) is 17.4. The number of benzene rings is 1. The summed E-state index contributed by atoms with van der Waals surface area (Å²) in [5, 5.41) is 2.40. The number of carbonyl (C=O) groups is 3. The Balaban J connectivity index is 1.47. The number of carbonyl (C=O) groups excluding carboxylic acids is 3. The minimum absolute atomic E-state index is 0.0556. The normalized spacial score (nSPS) is 16.8. The second-order valence-corrected chi connectivity index (χ2v) is 5.96. The summed E-state index contributed by atoms with van der Waals surface area (Å²) in [5.74, 6) is 0.649. The van der Waals surface area contributed by atoms with E-state index in [9.17, 15) is 14.4 Å². The quantitative estimate of drug-likeness (QED) is 0.833. The molecule has 0 atom stereocenters. The first-order chi connectivity index (χ1) is 12.1. The van der Waals surface area contributed by atoms with Crippen molar-refractivity contribution >= 4 is 17.8 Å². The largest absolute Gasteiger partial charge is 0.441 e. The molecule has 1 saturated heterocycles. The van der Waals surface area contributed by atoms with Crippen LogP contribution in [0.4, 0.5) is 4.79 Å². The number of nitrogens with zero attached hydrogens (tertiary/aromatic N) is 3. The number of amides is 4. The molecule has 0 aliphatic carbocycles. The van der Waals surface area contributed by atoms with E-state index in [1.54, 1.807) is 4.90 Å². The van der Waals surface area contributed by atoms with E-state index in [0.717, 1.165) is 21.9 Å². The van der Waals surface area contributed by atoms with Gasteiger partial charge >= 0.3 is 6.03 Å². The fourth-order valence-electron chi connectivity index (χ4n) is 2.97. The maximum Gasteiger partial charge on any atom is 0.325 e. The maximum absolute atomic E-state index is 12.4. The molecule has 0 unspecified atom stereocenters. The van der Waals surface area contributed by atoms with E-state index in [2.05, 4.69) is 10.3 Å². The van der Waals surface area contributed by atoms with Gasteiger partial charge in [-0.3, -0.25) is 14.5 Å². The Hall–Kier alpha value is -3.16.